The first-order chi connectivity index (χ1) is 9.85. The van der Waals surface area contributed by atoms with Crippen molar-refractivity contribution in [1.82, 2.24) is 4.98 Å². The second-order valence-corrected chi connectivity index (χ2v) is 5.50. The first kappa shape index (κ1) is 13.5. The molecule has 1 saturated heterocycles. The molecule has 1 aromatic heterocycles. The number of nitrogens with zero attached hydrogens (tertiary/aromatic N) is 2. The molecule has 106 valence electrons. The maximum absolute atomic E-state index is 6.14. The van der Waals surface area contributed by atoms with Gasteiger partial charge >= 0.3 is 0 Å². The quantitative estimate of drug-likeness (QED) is 0.803. The number of pyridine rings is 1. The van der Waals surface area contributed by atoms with Gasteiger partial charge in [0.25, 0.3) is 0 Å². The van der Waals surface area contributed by atoms with E-state index in [2.05, 4.69) is 16.0 Å². The Morgan fingerprint density at radius 3 is 3.00 bits per heavy atom. The lowest BCUT2D eigenvalue weighted by atomic mass is 10.0. The average molecular weight is 291 g/mol. The first-order valence-electron chi connectivity index (χ1n) is 7.09. The maximum Gasteiger partial charge on any atom is 0.136 e. The zero-order valence-electron chi connectivity index (χ0n) is 11.7. The molecule has 0 amide bonds. The predicted octanol–water partition coefficient (Wildman–Crippen LogP) is 3.84. The van der Waals surface area contributed by atoms with Crippen LogP contribution in [0.3, 0.4) is 0 Å². The van der Waals surface area contributed by atoms with Crippen molar-refractivity contribution in [2.75, 3.05) is 24.4 Å². The van der Waals surface area contributed by atoms with E-state index in [1.165, 1.54) is 12.8 Å². The number of hydrogen-bond acceptors (Lipinski definition) is 3. The van der Waals surface area contributed by atoms with Crippen LogP contribution in [0.25, 0.3) is 10.8 Å². The van der Waals surface area contributed by atoms with Crippen LogP contribution in [0.5, 0.6) is 5.75 Å². The third-order valence-corrected chi connectivity index (χ3v) is 4.40. The van der Waals surface area contributed by atoms with Gasteiger partial charge in [-0.1, -0.05) is 12.1 Å². The number of halogens is 1. The molecule has 2 aromatic rings. The molecule has 1 fully saturated rings. The van der Waals surface area contributed by atoms with Crippen LogP contribution in [0, 0.1) is 0 Å². The average Bonchev–Trinajstić information content (AvgIpc) is 2.53. The fourth-order valence-electron chi connectivity index (χ4n) is 3.01. The second kappa shape index (κ2) is 5.88. The molecule has 0 radical (unpaired) electrons. The summed E-state index contributed by atoms with van der Waals surface area (Å²) in [6, 6.07) is 8.51. The van der Waals surface area contributed by atoms with Gasteiger partial charge in [0.15, 0.2) is 0 Å². The lowest BCUT2D eigenvalue weighted by Crippen LogP contribution is -2.41. The Labute approximate surface area is 124 Å². The van der Waals surface area contributed by atoms with Gasteiger partial charge < -0.3 is 9.64 Å². The van der Waals surface area contributed by atoms with Crippen molar-refractivity contribution >= 4 is 28.2 Å². The number of benzene rings is 1. The Balaban J connectivity index is 2.11. The first-order valence-corrected chi connectivity index (χ1v) is 7.63. The fraction of sp³-hybridized carbons (Fsp3) is 0.438. The van der Waals surface area contributed by atoms with Crippen molar-refractivity contribution in [3.8, 4) is 5.75 Å². The number of aromatic nitrogens is 1. The highest BCUT2D eigenvalue weighted by molar-refractivity contribution is 6.18. The highest BCUT2D eigenvalue weighted by atomic mass is 35.5. The third-order valence-electron chi connectivity index (χ3n) is 4.04. The number of ether oxygens (including phenoxy) is 1. The summed E-state index contributed by atoms with van der Waals surface area (Å²) in [6.45, 7) is 1.03. The SMILES string of the molecule is COc1cccc2c(N3CCCCC3CCl)nccc12. The van der Waals surface area contributed by atoms with Gasteiger partial charge in [0.05, 0.1) is 7.11 Å². The molecule has 0 bridgehead atoms. The second-order valence-electron chi connectivity index (χ2n) is 5.19. The van der Waals surface area contributed by atoms with Crippen molar-refractivity contribution in [2.24, 2.45) is 0 Å². The minimum absolute atomic E-state index is 0.384. The van der Waals surface area contributed by atoms with E-state index in [9.17, 15) is 0 Å². The molecule has 1 aliphatic heterocycles. The molecule has 3 nitrogen and oxygen atoms in total. The van der Waals surface area contributed by atoms with Gasteiger partial charge in [-0.2, -0.15) is 0 Å². The molecule has 4 heteroatoms. The summed E-state index contributed by atoms with van der Waals surface area (Å²) in [5.74, 6) is 2.58. The van der Waals surface area contributed by atoms with Crippen LogP contribution in [-0.2, 0) is 0 Å². The number of alkyl halides is 1. The molecule has 3 rings (SSSR count). The van der Waals surface area contributed by atoms with Crippen LogP contribution in [0.4, 0.5) is 5.82 Å². The monoisotopic (exact) mass is 290 g/mol. The summed E-state index contributed by atoms with van der Waals surface area (Å²) in [4.78, 5) is 6.98. The molecule has 1 unspecified atom stereocenters. The van der Waals surface area contributed by atoms with Crippen LogP contribution in [0.1, 0.15) is 19.3 Å². The number of hydrogen-bond donors (Lipinski definition) is 0. The van der Waals surface area contributed by atoms with Gasteiger partial charge in [0, 0.05) is 35.4 Å². The van der Waals surface area contributed by atoms with Gasteiger partial charge in [0.2, 0.25) is 0 Å². The number of rotatable bonds is 3. The maximum atomic E-state index is 6.14. The van der Waals surface area contributed by atoms with E-state index in [-0.39, 0.29) is 0 Å². The van der Waals surface area contributed by atoms with E-state index < -0.39 is 0 Å². The fourth-order valence-corrected chi connectivity index (χ4v) is 3.33. The van der Waals surface area contributed by atoms with E-state index in [0.717, 1.165) is 35.3 Å². The Morgan fingerprint density at radius 2 is 2.20 bits per heavy atom. The van der Waals surface area contributed by atoms with E-state index >= 15 is 0 Å². The van der Waals surface area contributed by atoms with Gasteiger partial charge in [-0.25, -0.2) is 4.98 Å². The molecule has 0 spiro atoms. The molecule has 1 aromatic carbocycles. The van der Waals surface area contributed by atoms with Gasteiger partial charge in [-0.3, -0.25) is 0 Å². The van der Waals surface area contributed by atoms with E-state index in [0.29, 0.717) is 11.9 Å². The van der Waals surface area contributed by atoms with E-state index in [4.69, 9.17) is 16.3 Å². The summed E-state index contributed by atoms with van der Waals surface area (Å²) < 4.78 is 5.45. The molecule has 1 atom stereocenters. The summed E-state index contributed by atoms with van der Waals surface area (Å²) >= 11 is 6.14. The molecule has 0 saturated carbocycles. The molecule has 0 N–H and O–H groups in total. The zero-order chi connectivity index (χ0) is 13.9. The minimum Gasteiger partial charge on any atom is -0.496 e. The molecule has 1 aliphatic rings. The number of fused-ring (bicyclic) bond motifs is 1. The summed E-state index contributed by atoms with van der Waals surface area (Å²) in [5, 5.41) is 2.25. The standard InChI is InChI=1S/C16H19ClN2O/c1-20-15-7-4-6-14-13(15)8-9-18-16(14)19-10-3-2-5-12(19)11-17/h4,6-9,12H,2-3,5,10-11H2,1H3. The Kier molecular flexibility index (Phi) is 3.97. The van der Waals surface area contributed by atoms with Crippen LogP contribution in [0.2, 0.25) is 0 Å². The van der Waals surface area contributed by atoms with Crippen molar-refractivity contribution < 1.29 is 4.74 Å². The molecular weight excluding hydrogens is 272 g/mol. The smallest absolute Gasteiger partial charge is 0.136 e. The van der Waals surface area contributed by atoms with Gasteiger partial charge in [-0.05, 0) is 31.4 Å². The lowest BCUT2D eigenvalue weighted by Gasteiger charge is -2.36. The Hall–Kier alpha value is -1.48. The summed E-state index contributed by atoms with van der Waals surface area (Å²) in [6.07, 6.45) is 5.46. The molecular formula is C16H19ClN2O. The lowest BCUT2D eigenvalue weighted by molar-refractivity contribution is 0.419. The molecule has 2 heterocycles. The summed E-state index contributed by atoms with van der Waals surface area (Å²) in [7, 11) is 1.71. The highest BCUT2D eigenvalue weighted by Crippen LogP contribution is 2.33. The van der Waals surface area contributed by atoms with Crippen molar-refractivity contribution in [1.29, 1.82) is 0 Å². The van der Waals surface area contributed by atoms with E-state index in [1.807, 2.05) is 24.4 Å². The highest BCUT2D eigenvalue weighted by Gasteiger charge is 2.24. The minimum atomic E-state index is 0.384. The zero-order valence-corrected chi connectivity index (χ0v) is 12.4. The largest absolute Gasteiger partial charge is 0.496 e. The van der Waals surface area contributed by atoms with Crippen molar-refractivity contribution in [2.45, 2.75) is 25.3 Å². The predicted molar refractivity (Wildman–Crippen MR) is 84.0 cm³/mol. The van der Waals surface area contributed by atoms with E-state index in [1.54, 1.807) is 7.11 Å². The topological polar surface area (TPSA) is 25.4 Å². The van der Waals surface area contributed by atoms with Crippen LogP contribution in [-0.4, -0.2) is 30.6 Å². The van der Waals surface area contributed by atoms with Crippen LogP contribution in [0.15, 0.2) is 30.5 Å². The van der Waals surface area contributed by atoms with Gasteiger partial charge in [-0.15, -0.1) is 11.6 Å². The van der Waals surface area contributed by atoms with Gasteiger partial charge in [0.1, 0.15) is 11.6 Å². The van der Waals surface area contributed by atoms with Crippen molar-refractivity contribution in [3.63, 3.8) is 0 Å². The number of methoxy groups -OCH3 is 1. The van der Waals surface area contributed by atoms with Crippen LogP contribution >= 0.6 is 11.6 Å². The number of piperidine rings is 1. The number of anilines is 1. The van der Waals surface area contributed by atoms with Crippen molar-refractivity contribution in [3.05, 3.63) is 30.5 Å². The normalized spacial score (nSPS) is 19.3. The Morgan fingerprint density at radius 1 is 1.30 bits per heavy atom. The van der Waals surface area contributed by atoms with Crippen LogP contribution < -0.4 is 9.64 Å². The third kappa shape index (κ3) is 2.31. The molecule has 0 aliphatic carbocycles. The Bertz CT molecular complexity index is 602. The summed E-state index contributed by atoms with van der Waals surface area (Å²) in [5.41, 5.74) is 0. The molecule has 20 heavy (non-hydrogen) atoms.